The van der Waals surface area contributed by atoms with E-state index in [4.69, 9.17) is 4.42 Å². The zero-order chi connectivity index (χ0) is 14.4. The molecule has 0 aliphatic rings. The fourth-order valence-electron chi connectivity index (χ4n) is 1.80. The Bertz CT molecular complexity index is 536. The average molecular weight is 294 g/mol. The van der Waals surface area contributed by atoms with Gasteiger partial charge in [-0.1, -0.05) is 13.3 Å². The van der Waals surface area contributed by atoms with Crippen molar-refractivity contribution in [2.45, 2.75) is 32.3 Å². The number of hydrogen-bond donors (Lipinski definition) is 2. The van der Waals surface area contributed by atoms with Crippen LogP contribution in [0.2, 0.25) is 0 Å². The lowest BCUT2D eigenvalue weighted by atomic mass is 10.2. The topological polar surface area (TPSA) is 75.4 Å². The summed E-state index contributed by atoms with van der Waals surface area (Å²) in [4.78, 5) is 16.1. The van der Waals surface area contributed by atoms with Gasteiger partial charge in [-0.25, -0.2) is 4.98 Å². The molecular formula is C14H18N2O3S. The van der Waals surface area contributed by atoms with Crippen molar-refractivity contribution in [2.75, 3.05) is 6.54 Å². The molecule has 0 spiro atoms. The van der Waals surface area contributed by atoms with Crippen LogP contribution in [-0.4, -0.2) is 28.6 Å². The first-order valence-corrected chi connectivity index (χ1v) is 7.50. The van der Waals surface area contributed by atoms with Crippen LogP contribution in [0, 0.1) is 0 Å². The number of nitrogens with zero attached hydrogens (tertiary/aromatic N) is 1. The minimum absolute atomic E-state index is 0.128. The van der Waals surface area contributed by atoms with Gasteiger partial charge in [-0.3, -0.25) is 4.79 Å². The Morgan fingerprint density at radius 1 is 1.60 bits per heavy atom. The first kappa shape index (κ1) is 14.7. The minimum atomic E-state index is -0.474. The number of furan rings is 1. The highest BCUT2D eigenvalue weighted by Gasteiger charge is 2.11. The molecule has 2 N–H and O–H groups in total. The number of aliphatic hydroxyl groups is 1. The van der Waals surface area contributed by atoms with Crippen LogP contribution in [0.1, 0.15) is 25.5 Å². The maximum Gasteiger partial charge on any atom is 0.226 e. The van der Waals surface area contributed by atoms with Crippen molar-refractivity contribution in [1.82, 2.24) is 10.3 Å². The molecule has 0 aliphatic carbocycles. The monoisotopic (exact) mass is 294 g/mol. The summed E-state index contributed by atoms with van der Waals surface area (Å²) in [6.07, 6.45) is 2.93. The van der Waals surface area contributed by atoms with Gasteiger partial charge in [-0.15, -0.1) is 11.3 Å². The van der Waals surface area contributed by atoms with Crippen LogP contribution in [0.25, 0.3) is 10.8 Å². The Balaban J connectivity index is 1.83. The van der Waals surface area contributed by atoms with Crippen molar-refractivity contribution >= 4 is 17.2 Å². The van der Waals surface area contributed by atoms with Gasteiger partial charge in [0.25, 0.3) is 0 Å². The van der Waals surface area contributed by atoms with E-state index in [-0.39, 0.29) is 12.3 Å². The maximum absolute atomic E-state index is 11.7. The fraction of sp³-hybridized carbons (Fsp3) is 0.429. The lowest BCUT2D eigenvalue weighted by Crippen LogP contribution is -2.33. The highest BCUT2D eigenvalue weighted by Crippen LogP contribution is 2.23. The third-order valence-corrected chi connectivity index (χ3v) is 3.69. The molecule has 2 heterocycles. The van der Waals surface area contributed by atoms with Crippen LogP contribution in [-0.2, 0) is 11.2 Å². The number of aliphatic hydroxyl groups excluding tert-OH is 1. The van der Waals surface area contributed by atoms with Gasteiger partial charge in [0.2, 0.25) is 5.91 Å². The number of hydrogen-bond acceptors (Lipinski definition) is 5. The van der Waals surface area contributed by atoms with Gasteiger partial charge in [0.05, 0.1) is 24.5 Å². The average Bonchev–Trinajstić information content (AvgIpc) is 3.07. The Morgan fingerprint density at radius 3 is 3.15 bits per heavy atom. The highest BCUT2D eigenvalue weighted by atomic mass is 32.1. The van der Waals surface area contributed by atoms with Crippen LogP contribution in [0.15, 0.2) is 28.2 Å². The van der Waals surface area contributed by atoms with E-state index in [2.05, 4.69) is 10.3 Å². The van der Waals surface area contributed by atoms with Crippen molar-refractivity contribution in [3.63, 3.8) is 0 Å². The zero-order valence-electron chi connectivity index (χ0n) is 11.3. The number of thiazole rings is 1. The normalized spacial score (nSPS) is 12.3. The molecule has 6 heteroatoms. The number of amides is 1. The second-order valence-corrected chi connectivity index (χ2v) is 5.40. The van der Waals surface area contributed by atoms with Crippen molar-refractivity contribution < 1.29 is 14.3 Å². The molecule has 2 rings (SSSR count). The largest absolute Gasteiger partial charge is 0.462 e. The van der Waals surface area contributed by atoms with E-state index in [0.717, 1.165) is 11.4 Å². The Morgan fingerprint density at radius 2 is 2.45 bits per heavy atom. The van der Waals surface area contributed by atoms with Gasteiger partial charge in [0.1, 0.15) is 0 Å². The third kappa shape index (κ3) is 4.18. The summed E-state index contributed by atoms with van der Waals surface area (Å²) in [6, 6.07) is 3.64. The lowest BCUT2D eigenvalue weighted by Gasteiger charge is -2.09. The fourth-order valence-corrected chi connectivity index (χ4v) is 2.58. The predicted octanol–water partition coefficient (Wildman–Crippen LogP) is 2.22. The second-order valence-electron chi connectivity index (χ2n) is 4.54. The molecule has 5 nitrogen and oxygen atoms in total. The summed E-state index contributed by atoms with van der Waals surface area (Å²) in [5.41, 5.74) is 0.712. The van der Waals surface area contributed by atoms with Gasteiger partial charge in [-0.05, 0) is 18.6 Å². The van der Waals surface area contributed by atoms with Crippen LogP contribution < -0.4 is 5.32 Å². The molecule has 2 aromatic heterocycles. The molecule has 1 unspecified atom stereocenters. The molecule has 0 saturated carbocycles. The number of nitrogens with one attached hydrogen (secondary N) is 1. The summed E-state index contributed by atoms with van der Waals surface area (Å²) in [5, 5.41) is 14.9. The first-order chi connectivity index (χ1) is 9.69. The van der Waals surface area contributed by atoms with Gasteiger partial charge in [-0.2, -0.15) is 0 Å². The van der Waals surface area contributed by atoms with Crippen LogP contribution in [0.4, 0.5) is 0 Å². The maximum atomic E-state index is 11.7. The van der Waals surface area contributed by atoms with Crippen LogP contribution in [0.3, 0.4) is 0 Å². The summed E-state index contributed by atoms with van der Waals surface area (Å²) >= 11 is 1.45. The van der Waals surface area contributed by atoms with E-state index in [0.29, 0.717) is 24.4 Å². The smallest absolute Gasteiger partial charge is 0.226 e. The molecule has 2 aromatic rings. The minimum Gasteiger partial charge on any atom is -0.462 e. The molecule has 108 valence electrons. The molecule has 1 amide bonds. The van der Waals surface area contributed by atoms with Crippen LogP contribution >= 0.6 is 11.3 Å². The van der Waals surface area contributed by atoms with E-state index < -0.39 is 6.10 Å². The summed E-state index contributed by atoms with van der Waals surface area (Å²) < 4.78 is 5.26. The summed E-state index contributed by atoms with van der Waals surface area (Å²) in [7, 11) is 0. The van der Waals surface area contributed by atoms with E-state index in [1.165, 1.54) is 11.3 Å². The molecule has 0 fully saturated rings. The van der Waals surface area contributed by atoms with E-state index >= 15 is 0 Å². The van der Waals surface area contributed by atoms with Gasteiger partial charge >= 0.3 is 0 Å². The number of carbonyl (C=O) groups is 1. The highest BCUT2D eigenvalue weighted by molar-refractivity contribution is 7.13. The molecule has 0 saturated heterocycles. The second kappa shape index (κ2) is 7.21. The number of carbonyl (C=O) groups excluding carboxylic acids is 1. The van der Waals surface area contributed by atoms with E-state index in [9.17, 15) is 9.90 Å². The molecule has 0 aliphatic heterocycles. The Kier molecular flexibility index (Phi) is 5.31. The van der Waals surface area contributed by atoms with Gasteiger partial charge < -0.3 is 14.8 Å². The first-order valence-electron chi connectivity index (χ1n) is 6.62. The van der Waals surface area contributed by atoms with Crippen molar-refractivity contribution in [1.29, 1.82) is 0 Å². The summed E-state index contributed by atoms with van der Waals surface area (Å²) in [6.45, 7) is 2.29. The molecule has 20 heavy (non-hydrogen) atoms. The van der Waals surface area contributed by atoms with E-state index in [1.807, 2.05) is 18.4 Å². The standard InChI is InChI=1S/C14H18N2O3S/c1-2-4-11(17)8-15-13(18)7-10-9-20-14(16-10)12-5-3-6-19-12/h3,5-6,9,11,17H,2,4,7-8H2,1H3,(H,15,18). The molecule has 1 atom stereocenters. The zero-order valence-corrected chi connectivity index (χ0v) is 12.2. The third-order valence-electron chi connectivity index (χ3n) is 2.78. The SMILES string of the molecule is CCCC(O)CNC(=O)Cc1csc(-c2ccco2)n1. The van der Waals surface area contributed by atoms with Crippen molar-refractivity contribution in [3.8, 4) is 10.8 Å². The van der Waals surface area contributed by atoms with Gasteiger partial charge in [0, 0.05) is 11.9 Å². The summed E-state index contributed by atoms with van der Waals surface area (Å²) in [5.74, 6) is 0.580. The van der Waals surface area contributed by atoms with Crippen molar-refractivity contribution in [3.05, 3.63) is 29.5 Å². The lowest BCUT2D eigenvalue weighted by molar-refractivity contribution is -0.120. The molecule has 0 radical (unpaired) electrons. The Labute approximate surface area is 121 Å². The van der Waals surface area contributed by atoms with Gasteiger partial charge in [0.15, 0.2) is 10.8 Å². The van der Waals surface area contributed by atoms with E-state index in [1.54, 1.807) is 12.3 Å². The van der Waals surface area contributed by atoms with Crippen LogP contribution in [0.5, 0.6) is 0 Å². The Hall–Kier alpha value is -1.66. The molecular weight excluding hydrogens is 276 g/mol. The quantitative estimate of drug-likeness (QED) is 0.821. The van der Waals surface area contributed by atoms with Crippen molar-refractivity contribution in [2.24, 2.45) is 0 Å². The number of rotatable bonds is 7. The number of aromatic nitrogens is 1. The predicted molar refractivity (Wildman–Crippen MR) is 77.4 cm³/mol. The molecule has 0 bridgehead atoms. The molecule has 0 aromatic carbocycles.